The number of anilines is 1. The second-order valence-electron chi connectivity index (χ2n) is 4.59. The van der Waals surface area contributed by atoms with Crippen molar-refractivity contribution >= 4 is 29.2 Å². The monoisotopic (exact) mass is 297 g/mol. The maximum absolute atomic E-state index is 11.8. The molecule has 0 saturated carbocycles. The lowest BCUT2D eigenvalue weighted by atomic mass is 10.2. The van der Waals surface area contributed by atoms with E-state index in [1.54, 1.807) is 19.1 Å². The zero-order valence-electron chi connectivity index (χ0n) is 11.9. The number of amides is 3. The average Bonchev–Trinajstić information content (AvgIpc) is 2.39. The van der Waals surface area contributed by atoms with Crippen LogP contribution in [-0.4, -0.2) is 24.5 Å². The lowest BCUT2D eigenvalue weighted by Crippen LogP contribution is -2.46. The van der Waals surface area contributed by atoms with E-state index in [9.17, 15) is 9.59 Å². The molecule has 0 fully saturated rings. The van der Waals surface area contributed by atoms with Crippen LogP contribution in [0.25, 0.3) is 0 Å². The number of carbonyl (C=O) groups is 2. The lowest BCUT2D eigenvalue weighted by Gasteiger charge is -2.15. The number of halogens is 1. The van der Waals surface area contributed by atoms with Crippen LogP contribution in [0.2, 0.25) is 5.02 Å². The second-order valence-corrected chi connectivity index (χ2v) is 5.00. The molecule has 110 valence electrons. The topological polar surface area (TPSA) is 70.2 Å². The van der Waals surface area contributed by atoms with E-state index in [1.165, 1.54) is 0 Å². The fraction of sp³-hybridized carbons (Fsp3) is 0.429. The molecule has 0 unspecified atom stereocenters. The van der Waals surface area contributed by atoms with Gasteiger partial charge >= 0.3 is 6.03 Å². The van der Waals surface area contributed by atoms with Crippen LogP contribution in [0.5, 0.6) is 0 Å². The fourth-order valence-corrected chi connectivity index (χ4v) is 1.83. The van der Waals surface area contributed by atoms with Crippen molar-refractivity contribution < 1.29 is 9.59 Å². The van der Waals surface area contributed by atoms with Crippen molar-refractivity contribution in [2.45, 2.75) is 33.2 Å². The highest BCUT2D eigenvalue weighted by Gasteiger charge is 2.15. The van der Waals surface area contributed by atoms with Gasteiger partial charge in [0.25, 0.3) is 0 Å². The van der Waals surface area contributed by atoms with Gasteiger partial charge in [-0.3, -0.25) is 4.79 Å². The summed E-state index contributed by atoms with van der Waals surface area (Å²) in [6.07, 6.45) is 0.851. The zero-order valence-corrected chi connectivity index (χ0v) is 12.7. The van der Waals surface area contributed by atoms with Gasteiger partial charge in [-0.1, -0.05) is 24.6 Å². The van der Waals surface area contributed by atoms with Crippen LogP contribution in [0.3, 0.4) is 0 Å². The molecule has 0 bridgehead atoms. The molecule has 1 atom stereocenters. The SMILES string of the molecule is CCCNC(=O)[C@@H](C)NC(=O)Nc1ccc(C)cc1Cl. The molecule has 0 saturated heterocycles. The van der Waals surface area contributed by atoms with E-state index >= 15 is 0 Å². The third-order valence-corrected chi connectivity index (χ3v) is 2.98. The number of benzene rings is 1. The minimum absolute atomic E-state index is 0.211. The van der Waals surface area contributed by atoms with Gasteiger partial charge in [-0.15, -0.1) is 0 Å². The van der Waals surface area contributed by atoms with Crippen LogP contribution < -0.4 is 16.0 Å². The predicted molar refractivity (Wildman–Crippen MR) is 81.1 cm³/mol. The van der Waals surface area contributed by atoms with E-state index < -0.39 is 12.1 Å². The van der Waals surface area contributed by atoms with Crippen molar-refractivity contribution in [3.8, 4) is 0 Å². The van der Waals surface area contributed by atoms with Gasteiger partial charge in [0.05, 0.1) is 10.7 Å². The molecule has 3 N–H and O–H groups in total. The molecule has 0 aliphatic rings. The summed E-state index contributed by atoms with van der Waals surface area (Å²) in [7, 11) is 0. The van der Waals surface area contributed by atoms with Crippen LogP contribution in [0.1, 0.15) is 25.8 Å². The van der Waals surface area contributed by atoms with Gasteiger partial charge in [0.1, 0.15) is 6.04 Å². The summed E-state index contributed by atoms with van der Waals surface area (Å²) in [4.78, 5) is 23.4. The normalized spacial score (nSPS) is 11.6. The number of carbonyl (C=O) groups excluding carboxylic acids is 2. The van der Waals surface area contributed by atoms with E-state index in [-0.39, 0.29) is 5.91 Å². The van der Waals surface area contributed by atoms with Crippen LogP contribution in [0.4, 0.5) is 10.5 Å². The molecule has 3 amide bonds. The van der Waals surface area contributed by atoms with E-state index in [4.69, 9.17) is 11.6 Å². The maximum Gasteiger partial charge on any atom is 0.319 e. The Kier molecular flexibility index (Phi) is 6.31. The van der Waals surface area contributed by atoms with Crippen LogP contribution in [0, 0.1) is 6.92 Å². The van der Waals surface area contributed by atoms with E-state index in [0.717, 1.165) is 12.0 Å². The molecule has 6 heteroatoms. The summed E-state index contributed by atoms with van der Waals surface area (Å²) >= 11 is 6.02. The molecular weight excluding hydrogens is 278 g/mol. The molecule has 1 aromatic rings. The Labute approximate surface area is 124 Å². The summed E-state index contributed by atoms with van der Waals surface area (Å²) in [6.45, 7) is 6.10. The molecule has 5 nitrogen and oxygen atoms in total. The summed E-state index contributed by atoms with van der Waals surface area (Å²) < 4.78 is 0. The average molecular weight is 298 g/mol. The van der Waals surface area contributed by atoms with Gasteiger partial charge < -0.3 is 16.0 Å². The number of nitrogens with one attached hydrogen (secondary N) is 3. The van der Waals surface area contributed by atoms with Gasteiger partial charge in [-0.25, -0.2) is 4.79 Å². The summed E-state index contributed by atoms with van der Waals surface area (Å²) in [5.41, 5.74) is 1.52. The Morgan fingerprint density at radius 2 is 2.05 bits per heavy atom. The van der Waals surface area contributed by atoms with Crippen molar-refractivity contribution in [2.75, 3.05) is 11.9 Å². The Bertz CT molecular complexity index is 491. The Balaban J connectivity index is 2.52. The number of urea groups is 1. The van der Waals surface area contributed by atoms with Gasteiger partial charge in [-0.2, -0.15) is 0 Å². The molecule has 0 radical (unpaired) electrons. The third kappa shape index (κ3) is 5.09. The molecule has 0 spiro atoms. The third-order valence-electron chi connectivity index (χ3n) is 2.66. The first-order valence-corrected chi connectivity index (χ1v) is 6.93. The minimum atomic E-state index is -0.606. The minimum Gasteiger partial charge on any atom is -0.354 e. The summed E-state index contributed by atoms with van der Waals surface area (Å²) in [6, 6.07) is 4.26. The molecule has 20 heavy (non-hydrogen) atoms. The van der Waals surface area contributed by atoms with E-state index in [2.05, 4.69) is 16.0 Å². The van der Waals surface area contributed by atoms with Crippen molar-refractivity contribution in [3.05, 3.63) is 28.8 Å². The molecule has 1 rings (SSSR count). The Hall–Kier alpha value is -1.75. The Morgan fingerprint density at radius 1 is 1.35 bits per heavy atom. The van der Waals surface area contributed by atoms with Crippen LogP contribution in [-0.2, 0) is 4.79 Å². The number of rotatable bonds is 5. The number of aryl methyl sites for hydroxylation is 1. The van der Waals surface area contributed by atoms with Crippen LogP contribution in [0.15, 0.2) is 18.2 Å². The van der Waals surface area contributed by atoms with Crippen molar-refractivity contribution in [3.63, 3.8) is 0 Å². The molecule has 0 heterocycles. The van der Waals surface area contributed by atoms with Gasteiger partial charge in [0.2, 0.25) is 5.91 Å². The molecular formula is C14H20ClN3O2. The standard InChI is InChI=1S/C14H20ClN3O2/c1-4-7-16-13(19)10(3)17-14(20)18-12-6-5-9(2)8-11(12)15/h5-6,8,10H,4,7H2,1-3H3,(H,16,19)(H2,17,18,20)/t10-/m1/s1. The lowest BCUT2D eigenvalue weighted by molar-refractivity contribution is -0.122. The van der Waals surface area contributed by atoms with Crippen LogP contribution >= 0.6 is 11.6 Å². The van der Waals surface area contributed by atoms with Crippen molar-refractivity contribution in [1.29, 1.82) is 0 Å². The Morgan fingerprint density at radius 3 is 2.65 bits per heavy atom. The van der Waals surface area contributed by atoms with Gasteiger partial charge in [0, 0.05) is 6.54 Å². The summed E-state index contributed by atoms with van der Waals surface area (Å²) in [5.74, 6) is -0.211. The number of hydrogen-bond acceptors (Lipinski definition) is 2. The van der Waals surface area contributed by atoms with Gasteiger partial charge in [0.15, 0.2) is 0 Å². The first kappa shape index (κ1) is 16.3. The predicted octanol–water partition coefficient (Wildman–Crippen LogP) is 2.68. The first-order valence-electron chi connectivity index (χ1n) is 6.55. The first-order chi connectivity index (χ1) is 9.43. The quantitative estimate of drug-likeness (QED) is 0.782. The van der Waals surface area contributed by atoms with Crippen molar-refractivity contribution in [2.24, 2.45) is 0 Å². The van der Waals surface area contributed by atoms with E-state index in [0.29, 0.717) is 17.3 Å². The molecule has 1 aromatic carbocycles. The largest absolute Gasteiger partial charge is 0.354 e. The number of hydrogen-bond donors (Lipinski definition) is 3. The smallest absolute Gasteiger partial charge is 0.319 e. The maximum atomic E-state index is 11.8. The van der Waals surface area contributed by atoms with Gasteiger partial charge in [-0.05, 0) is 38.0 Å². The zero-order chi connectivity index (χ0) is 15.1. The van der Waals surface area contributed by atoms with E-state index in [1.807, 2.05) is 19.9 Å². The molecule has 0 aliphatic heterocycles. The second kappa shape index (κ2) is 7.75. The fourth-order valence-electron chi connectivity index (χ4n) is 1.54. The molecule has 0 aromatic heterocycles. The highest BCUT2D eigenvalue weighted by atomic mass is 35.5. The van der Waals surface area contributed by atoms with Crippen molar-refractivity contribution in [1.82, 2.24) is 10.6 Å². The highest BCUT2D eigenvalue weighted by molar-refractivity contribution is 6.33. The highest BCUT2D eigenvalue weighted by Crippen LogP contribution is 2.22. The summed E-state index contributed by atoms with van der Waals surface area (Å²) in [5, 5.41) is 8.35. The molecule has 0 aliphatic carbocycles.